The number of hydrogen-bond acceptors (Lipinski definition) is 3. The van der Waals surface area contributed by atoms with Gasteiger partial charge in [-0.15, -0.1) is 0 Å². The number of nitrogens with zero attached hydrogens (tertiary/aromatic N) is 2. The van der Waals surface area contributed by atoms with Gasteiger partial charge in [0.1, 0.15) is 0 Å². The Kier molecular flexibility index (Phi) is 8.18. The molecule has 0 unspecified atom stereocenters. The van der Waals surface area contributed by atoms with E-state index >= 15 is 0 Å². The zero-order valence-electron chi connectivity index (χ0n) is 15.5. The van der Waals surface area contributed by atoms with E-state index in [2.05, 4.69) is 67.4 Å². The standard InChI is InChI=1S/C17H37N5/c1-7-18-16(19-10-11-20-17(4,5)6)21-15-8-12-22(13-9-15)14(2)3/h14-15,20H,7-13H2,1-6H3,(H2,18,19,21). The van der Waals surface area contributed by atoms with E-state index < -0.39 is 0 Å². The lowest BCUT2D eigenvalue weighted by molar-refractivity contribution is 0.167. The fraction of sp³-hybridized carbons (Fsp3) is 0.941. The molecule has 0 atom stereocenters. The maximum Gasteiger partial charge on any atom is 0.191 e. The van der Waals surface area contributed by atoms with Crippen LogP contribution in [0.4, 0.5) is 0 Å². The third kappa shape index (κ3) is 7.99. The molecular weight excluding hydrogens is 274 g/mol. The summed E-state index contributed by atoms with van der Waals surface area (Å²) in [5.41, 5.74) is 0.158. The molecule has 0 saturated carbocycles. The summed E-state index contributed by atoms with van der Waals surface area (Å²) in [4.78, 5) is 7.23. The molecule has 1 aliphatic rings. The summed E-state index contributed by atoms with van der Waals surface area (Å²) < 4.78 is 0. The summed E-state index contributed by atoms with van der Waals surface area (Å²) in [5, 5.41) is 10.4. The highest BCUT2D eigenvalue weighted by Gasteiger charge is 2.21. The number of piperidine rings is 1. The molecule has 130 valence electrons. The van der Waals surface area contributed by atoms with E-state index in [4.69, 9.17) is 0 Å². The van der Waals surface area contributed by atoms with Crippen LogP contribution >= 0.6 is 0 Å². The van der Waals surface area contributed by atoms with E-state index in [9.17, 15) is 0 Å². The Bertz CT molecular complexity index is 324. The normalized spacial score (nSPS) is 18.8. The summed E-state index contributed by atoms with van der Waals surface area (Å²) in [6, 6.07) is 1.20. The summed E-state index contributed by atoms with van der Waals surface area (Å²) in [6.45, 7) is 18.2. The average molecular weight is 312 g/mol. The minimum Gasteiger partial charge on any atom is -0.357 e. The monoisotopic (exact) mass is 311 g/mol. The zero-order chi connectivity index (χ0) is 16.6. The van der Waals surface area contributed by atoms with Gasteiger partial charge in [-0.3, -0.25) is 4.99 Å². The van der Waals surface area contributed by atoms with Crippen LogP contribution in [0.2, 0.25) is 0 Å². The molecule has 0 bridgehead atoms. The maximum atomic E-state index is 4.68. The van der Waals surface area contributed by atoms with Gasteiger partial charge in [0.05, 0.1) is 6.54 Å². The van der Waals surface area contributed by atoms with Crippen LogP contribution in [0.3, 0.4) is 0 Å². The van der Waals surface area contributed by atoms with Gasteiger partial charge in [0.25, 0.3) is 0 Å². The van der Waals surface area contributed by atoms with Crippen molar-refractivity contribution in [2.24, 2.45) is 4.99 Å². The molecule has 0 aromatic carbocycles. The number of hydrogen-bond donors (Lipinski definition) is 3. The first-order valence-corrected chi connectivity index (χ1v) is 8.85. The van der Waals surface area contributed by atoms with Crippen LogP contribution in [0.5, 0.6) is 0 Å². The van der Waals surface area contributed by atoms with Gasteiger partial charge in [0.15, 0.2) is 5.96 Å². The van der Waals surface area contributed by atoms with E-state index in [1.54, 1.807) is 0 Å². The summed E-state index contributed by atoms with van der Waals surface area (Å²) in [5.74, 6) is 0.959. The lowest BCUT2D eigenvalue weighted by Crippen LogP contribution is -2.50. The van der Waals surface area contributed by atoms with E-state index in [0.29, 0.717) is 12.1 Å². The second-order valence-electron chi connectivity index (χ2n) is 7.49. The van der Waals surface area contributed by atoms with Gasteiger partial charge < -0.3 is 20.9 Å². The smallest absolute Gasteiger partial charge is 0.191 e. The number of rotatable bonds is 6. The first-order chi connectivity index (χ1) is 10.3. The van der Waals surface area contributed by atoms with Gasteiger partial charge in [-0.2, -0.15) is 0 Å². The average Bonchev–Trinajstić information content (AvgIpc) is 2.43. The van der Waals surface area contributed by atoms with Gasteiger partial charge in [-0.25, -0.2) is 0 Å². The highest BCUT2D eigenvalue weighted by Crippen LogP contribution is 2.12. The van der Waals surface area contributed by atoms with Crippen molar-refractivity contribution in [1.82, 2.24) is 20.9 Å². The van der Waals surface area contributed by atoms with E-state index in [1.165, 1.54) is 25.9 Å². The molecule has 0 aliphatic carbocycles. The Hall–Kier alpha value is -0.810. The molecule has 0 radical (unpaired) electrons. The van der Waals surface area contributed by atoms with E-state index in [0.717, 1.165) is 25.6 Å². The largest absolute Gasteiger partial charge is 0.357 e. The Morgan fingerprint density at radius 3 is 2.36 bits per heavy atom. The molecule has 22 heavy (non-hydrogen) atoms. The topological polar surface area (TPSA) is 51.7 Å². The van der Waals surface area contributed by atoms with Crippen molar-refractivity contribution in [3.05, 3.63) is 0 Å². The Morgan fingerprint density at radius 1 is 1.23 bits per heavy atom. The fourth-order valence-corrected chi connectivity index (χ4v) is 2.67. The number of nitrogens with one attached hydrogen (secondary N) is 3. The molecule has 3 N–H and O–H groups in total. The number of guanidine groups is 1. The number of likely N-dealkylation sites (tertiary alicyclic amines) is 1. The van der Waals surface area contributed by atoms with Crippen LogP contribution in [-0.2, 0) is 0 Å². The van der Waals surface area contributed by atoms with Crippen LogP contribution in [0.15, 0.2) is 4.99 Å². The molecule has 1 fully saturated rings. The third-order valence-electron chi connectivity index (χ3n) is 3.98. The van der Waals surface area contributed by atoms with Crippen LogP contribution < -0.4 is 16.0 Å². The van der Waals surface area contributed by atoms with Crippen molar-refractivity contribution in [2.75, 3.05) is 32.7 Å². The van der Waals surface area contributed by atoms with Gasteiger partial charge in [-0.05, 0) is 54.4 Å². The predicted octanol–water partition coefficient (Wildman–Crippen LogP) is 1.80. The summed E-state index contributed by atoms with van der Waals surface area (Å²) in [7, 11) is 0. The Morgan fingerprint density at radius 2 is 1.86 bits per heavy atom. The first-order valence-electron chi connectivity index (χ1n) is 8.85. The molecule has 5 heteroatoms. The molecule has 0 amide bonds. The van der Waals surface area contributed by atoms with Crippen LogP contribution in [0.25, 0.3) is 0 Å². The molecule has 1 heterocycles. The Balaban J connectivity index is 2.37. The quantitative estimate of drug-likeness (QED) is 0.398. The summed E-state index contributed by atoms with van der Waals surface area (Å²) >= 11 is 0. The van der Waals surface area contributed by atoms with E-state index in [1.807, 2.05) is 0 Å². The molecular formula is C17H37N5. The highest BCUT2D eigenvalue weighted by molar-refractivity contribution is 5.80. The van der Waals surface area contributed by atoms with Crippen molar-refractivity contribution in [3.8, 4) is 0 Å². The molecule has 1 aliphatic heterocycles. The van der Waals surface area contributed by atoms with Gasteiger partial charge in [0.2, 0.25) is 0 Å². The lowest BCUT2D eigenvalue weighted by Gasteiger charge is -2.35. The molecule has 5 nitrogen and oxygen atoms in total. The minimum atomic E-state index is 0.158. The SMILES string of the molecule is CCNC(=NCCNC(C)(C)C)NC1CCN(C(C)C)CC1. The van der Waals surface area contributed by atoms with Crippen molar-refractivity contribution < 1.29 is 0 Å². The number of aliphatic imine (C=N–C) groups is 1. The molecule has 0 aromatic rings. The van der Waals surface area contributed by atoms with E-state index in [-0.39, 0.29) is 5.54 Å². The second kappa shape index (κ2) is 9.36. The lowest BCUT2D eigenvalue weighted by atomic mass is 10.0. The predicted molar refractivity (Wildman–Crippen MR) is 96.6 cm³/mol. The Labute approximate surface area is 137 Å². The first kappa shape index (κ1) is 19.2. The maximum absolute atomic E-state index is 4.68. The highest BCUT2D eigenvalue weighted by atomic mass is 15.2. The summed E-state index contributed by atoms with van der Waals surface area (Å²) in [6.07, 6.45) is 2.39. The zero-order valence-corrected chi connectivity index (χ0v) is 15.5. The van der Waals surface area contributed by atoms with Crippen LogP contribution in [-0.4, -0.2) is 61.2 Å². The minimum absolute atomic E-state index is 0.158. The van der Waals surface area contributed by atoms with Gasteiger partial charge in [0, 0.05) is 43.8 Å². The van der Waals surface area contributed by atoms with Crippen LogP contribution in [0.1, 0.15) is 54.4 Å². The van der Waals surface area contributed by atoms with Crippen molar-refractivity contribution in [3.63, 3.8) is 0 Å². The van der Waals surface area contributed by atoms with Crippen molar-refractivity contribution >= 4 is 5.96 Å². The molecule has 0 spiro atoms. The second-order valence-corrected chi connectivity index (χ2v) is 7.49. The van der Waals surface area contributed by atoms with Crippen LogP contribution in [0, 0.1) is 0 Å². The molecule has 0 aromatic heterocycles. The third-order valence-corrected chi connectivity index (χ3v) is 3.98. The van der Waals surface area contributed by atoms with Crippen molar-refractivity contribution in [2.45, 2.75) is 72.0 Å². The van der Waals surface area contributed by atoms with Gasteiger partial charge >= 0.3 is 0 Å². The van der Waals surface area contributed by atoms with Crippen molar-refractivity contribution in [1.29, 1.82) is 0 Å². The van der Waals surface area contributed by atoms with Gasteiger partial charge in [-0.1, -0.05) is 0 Å². The fourth-order valence-electron chi connectivity index (χ4n) is 2.67. The molecule has 1 saturated heterocycles. The molecule has 1 rings (SSSR count).